The number of likely N-dealkylation sites (N-methyl/N-ethyl adjacent to an activating group) is 1. The number of methoxy groups -OCH3 is 1. The van der Waals surface area contributed by atoms with E-state index >= 15 is 0 Å². The number of nitrogens with zero attached hydrogens (tertiary/aromatic N) is 1. The van der Waals surface area contributed by atoms with Crippen molar-refractivity contribution in [2.45, 2.75) is 43.6 Å². The van der Waals surface area contributed by atoms with Crippen molar-refractivity contribution >= 4 is 0 Å². The predicted molar refractivity (Wildman–Crippen MR) is 82.5 cm³/mol. The molecule has 1 atom stereocenters. The van der Waals surface area contributed by atoms with E-state index in [1.165, 1.54) is 6.42 Å². The first-order chi connectivity index (χ1) is 9.84. The van der Waals surface area contributed by atoms with E-state index in [1.54, 1.807) is 21.2 Å². The van der Waals surface area contributed by atoms with Crippen molar-refractivity contribution in [3.63, 3.8) is 0 Å². The van der Waals surface area contributed by atoms with E-state index in [9.17, 15) is 10.3 Å². The third-order valence-electron chi connectivity index (χ3n) is 4.52. The fourth-order valence-electron chi connectivity index (χ4n) is 3.38. The number of hydrogen-bond donors (Lipinski definition) is 2. The Morgan fingerprint density at radius 2 is 1.71 bits per heavy atom. The molecule has 2 N–H and O–H groups in total. The van der Waals surface area contributed by atoms with Crippen LogP contribution in [0.3, 0.4) is 0 Å². The predicted octanol–water partition coefficient (Wildman–Crippen LogP) is 2.94. The van der Waals surface area contributed by atoms with Gasteiger partial charge in [-0.3, -0.25) is 0 Å². The molecule has 0 aromatic heterocycles. The quantitative estimate of drug-likeness (QED) is 0.648. The Bertz CT molecular complexity index is 444. The normalized spacial score (nSPS) is 20.0. The van der Waals surface area contributed by atoms with E-state index in [0.29, 0.717) is 6.54 Å². The number of ether oxygens (including phenoxy) is 1. The molecule has 0 saturated heterocycles. The van der Waals surface area contributed by atoms with Crippen molar-refractivity contribution < 1.29 is 19.7 Å². The third kappa shape index (κ3) is 4.19. The summed E-state index contributed by atoms with van der Waals surface area (Å²) in [4.78, 5) is 0. The molecule has 1 aliphatic rings. The molecular formula is C17H28NO3+. The maximum atomic E-state index is 11.1. The Morgan fingerprint density at radius 3 is 2.19 bits per heavy atom. The minimum atomic E-state index is -0.717. The van der Waals surface area contributed by atoms with Crippen LogP contribution in [0.4, 0.5) is 0 Å². The van der Waals surface area contributed by atoms with Crippen molar-refractivity contribution in [3.8, 4) is 5.75 Å². The molecule has 0 radical (unpaired) electrons. The zero-order chi connectivity index (χ0) is 15.5. The van der Waals surface area contributed by atoms with E-state index in [0.717, 1.165) is 37.0 Å². The number of aliphatic hydroxyl groups is 1. The summed E-state index contributed by atoms with van der Waals surface area (Å²) in [7, 11) is 5.15. The summed E-state index contributed by atoms with van der Waals surface area (Å²) in [6.07, 6.45) is 4.92. The van der Waals surface area contributed by atoms with Gasteiger partial charge < -0.3 is 9.84 Å². The average Bonchev–Trinajstić information content (AvgIpc) is 2.45. The lowest BCUT2D eigenvalue weighted by Crippen LogP contribution is -2.48. The van der Waals surface area contributed by atoms with Crippen LogP contribution in [0.15, 0.2) is 24.3 Å². The molecule has 1 fully saturated rings. The minimum Gasteiger partial charge on any atom is -0.497 e. The Hall–Kier alpha value is -1.10. The standard InChI is InChI=1S/C17H28NO3/c1-18(2,20)13-16(17(19)11-5-4-6-12-17)14-7-9-15(21-3)10-8-14/h7-10,16,19-20H,4-6,11-13H2,1-3H3/q+1/t16-/m1/s1. The van der Waals surface area contributed by atoms with Crippen LogP contribution in [0.1, 0.15) is 43.6 Å². The molecule has 0 unspecified atom stereocenters. The summed E-state index contributed by atoms with van der Waals surface area (Å²) >= 11 is 0. The monoisotopic (exact) mass is 294 g/mol. The Morgan fingerprint density at radius 1 is 1.14 bits per heavy atom. The van der Waals surface area contributed by atoms with Gasteiger partial charge >= 0.3 is 0 Å². The molecule has 0 spiro atoms. The molecule has 0 aliphatic heterocycles. The van der Waals surface area contributed by atoms with Crippen LogP contribution in [0.5, 0.6) is 5.75 Å². The number of quaternary nitrogens is 1. The first-order valence-electron chi connectivity index (χ1n) is 7.76. The molecule has 1 aromatic rings. The fourth-order valence-corrected chi connectivity index (χ4v) is 3.38. The van der Waals surface area contributed by atoms with Gasteiger partial charge in [0.15, 0.2) is 0 Å². The first-order valence-corrected chi connectivity index (χ1v) is 7.76. The molecular weight excluding hydrogens is 266 g/mol. The van der Waals surface area contributed by atoms with Gasteiger partial charge in [0.2, 0.25) is 0 Å². The second kappa shape index (κ2) is 6.34. The van der Waals surface area contributed by atoms with Gasteiger partial charge in [0.05, 0.1) is 32.7 Å². The summed E-state index contributed by atoms with van der Waals surface area (Å²) in [5.74, 6) is 0.745. The van der Waals surface area contributed by atoms with E-state index in [4.69, 9.17) is 4.74 Å². The molecule has 4 nitrogen and oxygen atoms in total. The van der Waals surface area contributed by atoms with Gasteiger partial charge in [-0.25, -0.2) is 5.21 Å². The average molecular weight is 294 g/mol. The van der Waals surface area contributed by atoms with Crippen LogP contribution in [0.25, 0.3) is 0 Å². The molecule has 0 heterocycles. The van der Waals surface area contributed by atoms with Crippen LogP contribution >= 0.6 is 0 Å². The van der Waals surface area contributed by atoms with E-state index in [2.05, 4.69) is 0 Å². The molecule has 4 heteroatoms. The number of hydrogen-bond acceptors (Lipinski definition) is 3. The van der Waals surface area contributed by atoms with E-state index in [-0.39, 0.29) is 10.6 Å². The van der Waals surface area contributed by atoms with Gasteiger partial charge in [-0.1, -0.05) is 31.4 Å². The molecule has 21 heavy (non-hydrogen) atoms. The van der Waals surface area contributed by atoms with Crippen LogP contribution < -0.4 is 4.74 Å². The van der Waals surface area contributed by atoms with Crippen LogP contribution in [-0.4, -0.2) is 48.3 Å². The molecule has 1 aliphatic carbocycles. The second-order valence-electron chi connectivity index (χ2n) is 6.79. The molecule has 0 amide bonds. The molecule has 2 rings (SSSR count). The van der Waals surface area contributed by atoms with Gasteiger partial charge in [-0.05, 0) is 30.5 Å². The van der Waals surface area contributed by atoms with Gasteiger partial charge in [0.1, 0.15) is 12.3 Å². The van der Waals surface area contributed by atoms with Crippen LogP contribution in [-0.2, 0) is 0 Å². The smallest absolute Gasteiger partial charge is 0.118 e. The summed E-state index contributed by atoms with van der Waals surface area (Å²) in [6.45, 7) is 0.503. The molecule has 118 valence electrons. The SMILES string of the molecule is COc1ccc([C@@H](C[N+](C)(C)O)C2(O)CCCCC2)cc1. The fraction of sp³-hybridized carbons (Fsp3) is 0.647. The lowest BCUT2D eigenvalue weighted by molar-refractivity contribution is -1.07. The summed E-state index contributed by atoms with van der Waals surface area (Å²) in [5, 5.41) is 21.3. The Balaban J connectivity index is 2.30. The lowest BCUT2D eigenvalue weighted by Gasteiger charge is -2.41. The summed E-state index contributed by atoms with van der Waals surface area (Å²) in [6, 6.07) is 7.86. The van der Waals surface area contributed by atoms with Gasteiger partial charge in [-0.15, -0.1) is 0 Å². The van der Waals surface area contributed by atoms with Gasteiger partial charge in [0.25, 0.3) is 0 Å². The van der Waals surface area contributed by atoms with Crippen LogP contribution in [0, 0.1) is 0 Å². The number of hydroxylamine groups is 3. The highest BCUT2D eigenvalue weighted by atomic mass is 16.5. The second-order valence-corrected chi connectivity index (χ2v) is 6.79. The van der Waals surface area contributed by atoms with Crippen LogP contribution in [0.2, 0.25) is 0 Å². The maximum Gasteiger partial charge on any atom is 0.118 e. The third-order valence-corrected chi connectivity index (χ3v) is 4.52. The Labute approximate surface area is 127 Å². The maximum absolute atomic E-state index is 11.1. The van der Waals surface area contributed by atoms with E-state index in [1.807, 2.05) is 24.3 Å². The molecule has 1 saturated carbocycles. The zero-order valence-corrected chi connectivity index (χ0v) is 13.4. The van der Waals surface area contributed by atoms with Gasteiger partial charge in [-0.2, -0.15) is 4.65 Å². The lowest BCUT2D eigenvalue weighted by atomic mass is 9.72. The largest absolute Gasteiger partial charge is 0.497 e. The summed E-state index contributed by atoms with van der Waals surface area (Å²) < 4.78 is 5.06. The first kappa shape index (κ1) is 16.3. The van der Waals surface area contributed by atoms with Crippen molar-refractivity contribution in [3.05, 3.63) is 29.8 Å². The zero-order valence-electron chi connectivity index (χ0n) is 13.4. The highest BCUT2D eigenvalue weighted by Crippen LogP contribution is 2.41. The highest BCUT2D eigenvalue weighted by Gasteiger charge is 2.42. The van der Waals surface area contributed by atoms with Crippen molar-refractivity contribution in [1.29, 1.82) is 0 Å². The molecule has 1 aromatic carbocycles. The topological polar surface area (TPSA) is 49.7 Å². The summed E-state index contributed by atoms with van der Waals surface area (Å²) in [5.41, 5.74) is 0.353. The highest BCUT2D eigenvalue weighted by molar-refractivity contribution is 5.31. The van der Waals surface area contributed by atoms with Gasteiger partial charge in [0, 0.05) is 0 Å². The van der Waals surface area contributed by atoms with Crippen molar-refractivity contribution in [2.24, 2.45) is 0 Å². The van der Waals surface area contributed by atoms with E-state index < -0.39 is 5.60 Å². The Kier molecular flexibility index (Phi) is 4.91. The van der Waals surface area contributed by atoms with Crippen molar-refractivity contribution in [2.75, 3.05) is 27.7 Å². The number of benzene rings is 1. The van der Waals surface area contributed by atoms with Crippen molar-refractivity contribution in [1.82, 2.24) is 0 Å². The minimum absolute atomic E-state index is 0.0660. The number of rotatable bonds is 5. The molecule has 0 bridgehead atoms.